The molecule has 0 heterocycles. The van der Waals surface area contributed by atoms with E-state index in [4.69, 9.17) is 4.74 Å². The Labute approximate surface area is 82.3 Å². The van der Waals surface area contributed by atoms with Crippen LogP contribution in [-0.4, -0.2) is 18.5 Å². The zero-order chi connectivity index (χ0) is 10.2. The van der Waals surface area contributed by atoms with Gasteiger partial charge in [0.1, 0.15) is 12.0 Å². The zero-order valence-corrected chi connectivity index (χ0v) is 7.99. The highest BCUT2D eigenvalue weighted by atomic mass is 16.5. The molecule has 3 heteroatoms. The average molecular weight is 192 g/mol. The summed E-state index contributed by atoms with van der Waals surface area (Å²) >= 11 is 0. The maximum absolute atomic E-state index is 10.7. The minimum atomic E-state index is -0.787. The van der Waals surface area contributed by atoms with E-state index >= 15 is 0 Å². The van der Waals surface area contributed by atoms with Gasteiger partial charge in [0.15, 0.2) is 0 Å². The molecule has 3 nitrogen and oxygen atoms in total. The van der Waals surface area contributed by atoms with Crippen LogP contribution in [-0.2, 0) is 5.60 Å². The smallest absolute Gasteiger partial charge is 0.150 e. The van der Waals surface area contributed by atoms with Gasteiger partial charge in [0.2, 0.25) is 0 Å². The third-order valence-electron chi connectivity index (χ3n) is 2.61. The number of aliphatic hydroxyl groups is 1. The van der Waals surface area contributed by atoms with Crippen molar-refractivity contribution in [2.24, 2.45) is 0 Å². The highest BCUT2D eigenvalue weighted by molar-refractivity contribution is 5.78. The zero-order valence-electron chi connectivity index (χ0n) is 7.99. The lowest BCUT2D eigenvalue weighted by atomic mass is 10.0. The van der Waals surface area contributed by atoms with Crippen LogP contribution in [0.1, 0.15) is 28.8 Å². The van der Waals surface area contributed by atoms with Crippen molar-refractivity contribution in [3.8, 4) is 5.75 Å². The van der Waals surface area contributed by atoms with Gasteiger partial charge in [-0.2, -0.15) is 0 Å². The summed E-state index contributed by atoms with van der Waals surface area (Å²) in [7, 11) is 1.57. The maximum atomic E-state index is 10.7. The van der Waals surface area contributed by atoms with Crippen LogP contribution in [0.25, 0.3) is 0 Å². The predicted molar refractivity (Wildman–Crippen MR) is 51.5 cm³/mol. The summed E-state index contributed by atoms with van der Waals surface area (Å²) in [6.45, 7) is 0. The molecule has 1 aromatic rings. The Morgan fingerprint density at radius 1 is 1.50 bits per heavy atom. The molecule has 74 valence electrons. The van der Waals surface area contributed by atoms with E-state index < -0.39 is 5.60 Å². The Kier molecular flexibility index (Phi) is 2.04. The molecule has 1 saturated carbocycles. The van der Waals surface area contributed by atoms with Gasteiger partial charge in [-0.25, -0.2) is 0 Å². The molecule has 0 aromatic heterocycles. The molecule has 1 aromatic carbocycles. The van der Waals surface area contributed by atoms with Crippen LogP contribution in [0.15, 0.2) is 18.2 Å². The van der Waals surface area contributed by atoms with Gasteiger partial charge in [0, 0.05) is 5.56 Å². The second-order valence-electron chi connectivity index (χ2n) is 3.60. The Morgan fingerprint density at radius 2 is 2.21 bits per heavy atom. The predicted octanol–water partition coefficient (Wildman–Crippen LogP) is 1.49. The Hall–Kier alpha value is -1.35. The fourth-order valence-corrected chi connectivity index (χ4v) is 1.56. The lowest BCUT2D eigenvalue weighted by molar-refractivity contribution is 0.110. The average Bonchev–Trinajstić information content (AvgIpc) is 2.97. The van der Waals surface area contributed by atoms with E-state index in [1.165, 1.54) is 0 Å². The van der Waals surface area contributed by atoms with Gasteiger partial charge in [-0.05, 0) is 36.6 Å². The molecule has 0 saturated heterocycles. The van der Waals surface area contributed by atoms with Crippen LogP contribution >= 0.6 is 0 Å². The van der Waals surface area contributed by atoms with Gasteiger partial charge < -0.3 is 9.84 Å². The molecule has 1 aliphatic carbocycles. The van der Waals surface area contributed by atoms with E-state index in [0.29, 0.717) is 16.9 Å². The molecule has 0 radical (unpaired) electrons. The number of aldehydes is 1. The highest BCUT2D eigenvalue weighted by Crippen LogP contribution is 2.47. The van der Waals surface area contributed by atoms with Crippen LogP contribution < -0.4 is 4.74 Å². The van der Waals surface area contributed by atoms with Crippen LogP contribution in [0.2, 0.25) is 0 Å². The third-order valence-corrected chi connectivity index (χ3v) is 2.61. The molecule has 1 aliphatic rings. The number of carbonyl (C=O) groups excluding carboxylic acids is 1. The molecule has 0 atom stereocenters. The SMILES string of the molecule is COc1ccc(C=O)c(C2(O)CC2)c1. The standard InChI is InChI=1S/C11H12O3/c1-14-9-3-2-8(7-12)10(6-9)11(13)4-5-11/h2-3,6-7,13H,4-5H2,1H3. The van der Waals surface area contributed by atoms with E-state index in [1.54, 1.807) is 25.3 Å². The van der Waals surface area contributed by atoms with E-state index in [0.717, 1.165) is 19.1 Å². The first-order chi connectivity index (χ1) is 6.69. The van der Waals surface area contributed by atoms with Crippen molar-refractivity contribution in [1.29, 1.82) is 0 Å². The monoisotopic (exact) mass is 192 g/mol. The number of hydrogen-bond donors (Lipinski definition) is 1. The quantitative estimate of drug-likeness (QED) is 0.738. The maximum Gasteiger partial charge on any atom is 0.150 e. The minimum absolute atomic E-state index is 0.547. The molecule has 14 heavy (non-hydrogen) atoms. The van der Waals surface area contributed by atoms with Crippen molar-refractivity contribution in [2.75, 3.05) is 7.11 Å². The third kappa shape index (κ3) is 1.40. The van der Waals surface area contributed by atoms with E-state index in [2.05, 4.69) is 0 Å². The fraction of sp³-hybridized carbons (Fsp3) is 0.364. The van der Waals surface area contributed by atoms with Crippen molar-refractivity contribution < 1.29 is 14.6 Å². The lowest BCUT2D eigenvalue weighted by Crippen LogP contribution is -2.08. The number of carbonyl (C=O) groups is 1. The van der Waals surface area contributed by atoms with Gasteiger partial charge in [-0.3, -0.25) is 4.79 Å². The first-order valence-corrected chi connectivity index (χ1v) is 4.56. The molecule has 0 aliphatic heterocycles. The molecule has 0 bridgehead atoms. The van der Waals surface area contributed by atoms with Crippen LogP contribution in [0.3, 0.4) is 0 Å². The summed E-state index contributed by atoms with van der Waals surface area (Å²) in [5, 5.41) is 9.92. The first-order valence-electron chi connectivity index (χ1n) is 4.56. The molecule has 1 N–H and O–H groups in total. The second kappa shape index (κ2) is 3.10. The van der Waals surface area contributed by atoms with E-state index in [-0.39, 0.29) is 0 Å². The van der Waals surface area contributed by atoms with Crippen molar-refractivity contribution >= 4 is 6.29 Å². The molecule has 0 unspecified atom stereocenters. The van der Waals surface area contributed by atoms with Crippen molar-refractivity contribution in [1.82, 2.24) is 0 Å². The van der Waals surface area contributed by atoms with Crippen LogP contribution in [0.4, 0.5) is 0 Å². The van der Waals surface area contributed by atoms with Crippen molar-refractivity contribution in [2.45, 2.75) is 18.4 Å². The highest BCUT2D eigenvalue weighted by Gasteiger charge is 2.43. The Morgan fingerprint density at radius 3 is 2.71 bits per heavy atom. The Bertz CT molecular complexity index is 367. The summed E-state index contributed by atoms with van der Waals surface area (Å²) in [4.78, 5) is 10.7. The topological polar surface area (TPSA) is 46.5 Å². The molecule has 2 rings (SSSR count). The second-order valence-corrected chi connectivity index (χ2v) is 3.60. The van der Waals surface area contributed by atoms with Crippen molar-refractivity contribution in [3.05, 3.63) is 29.3 Å². The number of rotatable bonds is 3. The Balaban J connectivity index is 2.48. The van der Waals surface area contributed by atoms with Gasteiger partial charge in [-0.15, -0.1) is 0 Å². The molecular formula is C11H12O3. The molecule has 0 spiro atoms. The van der Waals surface area contributed by atoms with Gasteiger partial charge in [0.25, 0.3) is 0 Å². The van der Waals surface area contributed by atoms with Crippen LogP contribution in [0.5, 0.6) is 5.75 Å². The van der Waals surface area contributed by atoms with Gasteiger partial charge in [-0.1, -0.05) is 0 Å². The molecule has 1 fully saturated rings. The van der Waals surface area contributed by atoms with E-state index in [1.807, 2.05) is 0 Å². The fourth-order valence-electron chi connectivity index (χ4n) is 1.56. The number of hydrogen-bond acceptors (Lipinski definition) is 3. The largest absolute Gasteiger partial charge is 0.497 e. The normalized spacial score (nSPS) is 17.6. The first kappa shape index (κ1) is 9.21. The summed E-state index contributed by atoms with van der Waals surface area (Å²) in [6.07, 6.45) is 2.22. The number of ether oxygens (including phenoxy) is 1. The lowest BCUT2D eigenvalue weighted by Gasteiger charge is -2.12. The van der Waals surface area contributed by atoms with Crippen LogP contribution in [0, 0.1) is 0 Å². The molecular weight excluding hydrogens is 180 g/mol. The number of benzene rings is 1. The summed E-state index contributed by atoms with van der Waals surface area (Å²) in [5.74, 6) is 0.672. The number of methoxy groups -OCH3 is 1. The van der Waals surface area contributed by atoms with E-state index in [9.17, 15) is 9.90 Å². The summed E-state index contributed by atoms with van der Waals surface area (Å²) in [5.41, 5.74) is 0.447. The van der Waals surface area contributed by atoms with Crippen molar-refractivity contribution in [3.63, 3.8) is 0 Å². The van der Waals surface area contributed by atoms with Gasteiger partial charge >= 0.3 is 0 Å². The minimum Gasteiger partial charge on any atom is -0.497 e. The van der Waals surface area contributed by atoms with Gasteiger partial charge in [0.05, 0.1) is 12.7 Å². The summed E-state index contributed by atoms with van der Waals surface area (Å²) < 4.78 is 5.05. The molecule has 0 amide bonds. The summed E-state index contributed by atoms with van der Waals surface area (Å²) in [6, 6.07) is 5.13.